The number of ether oxygens (including phenoxy) is 2. The first kappa shape index (κ1) is 21.0. The molecule has 0 N–H and O–H groups in total. The second-order valence-corrected chi connectivity index (χ2v) is 9.54. The van der Waals surface area contributed by atoms with E-state index in [4.69, 9.17) is 9.47 Å². The molecule has 1 aliphatic heterocycles. The zero-order valence-corrected chi connectivity index (χ0v) is 19.1. The summed E-state index contributed by atoms with van der Waals surface area (Å²) in [4.78, 5) is 43.6. The summed E-state index contributed by atoms with van der Waals surface area (Å²) in [6, 6.07) is 14.0. The standard InChI is InChI=1S/C27H26N2O5/c1-33-16-7-5-6-15(12-16)25(30)28(21-8-3-4-9-22(21)34-2)14-29-26(31)23-17-10-11-18(20-13-19(17)20)24(23)27(29)32/h3-12,17-20,23-24H,13-14H2,1-2H3/t17-,18-,19-,20+,23+,24-/m1/s1. The Morgan fingerprint density at radius 3 is 2.26 bits per heavy atom. The molecule has 174 valence electrons. The highest BCUT2D eigenvalue weighted by atomic mass is 16.5. The van der Waals surface area contributed by atoms with Crippen LogP contribution in [0, 0.1) is 35.5 Å². The molecular formula is C27H26N2O5. The lowest BCUT2D eigenvalue weighted by molar-refractivity contribution is -0.140. The highest BCUT2D eigenvalue weighted by Crippen LogP contribution is 2.65. The van der Waals surface area contributed by atoms with Gasteiger partial charge < -0.3 is 9.47 Å². The molecule has 7 nitrogen and oxygen atoms in total. The number of rotatable bonds is 6. The Labute approximate surface area is 197 Å². The molecule has 7 rings (SSSR count). The van der Waals surface area contributed by atoms with Gasteiger partial charge in [0.15, 0.2) is 0 Å². The number of hydrogen-bond acceptors (Lipinski definition) is 5. The van der Waals surface area contributed by atoms with Gasteiger partial charge in [0.05, 0.1) is 31.7 Å². The average Bonchev–Trinajstić information content (AvgIpc) is 3.67. The Kier molecular flexibility index (Phi) is 4.76. The van der Waals surface area contributed by atoms with Crippen LogP contribution in [-0.2, 0) is 9.59 Å². The highest BCUT2D eigenvalue weighted by Gasteiger charge is 2.67. The third-order valence-corrected chi connectivity index (χ3v) is 7.97. The van der Waals surface area contributed by atoms with Crippen molar-refractivity contribution in [3.63, 3.8) is 0 Å². The maximum Gasteiger partial charge on any atom is 0.260 e. The molecule has 2 aromatic rings. The Balaban J connectivity index is 1.37. The first-order chi connectivity index (χ1) is 16.5. The van der Waals surface area contributed by atoms with Gasteiger partial charge in [-0.15, -0.1) is 0 Å². The number of imide groups is 1. The van der Waals surface area contributed by atoms with Crippen molar-refractivity contribution < 1.29 is 23.9 Å². The van der Waals surface area contributed by atoms with Crippen LogP contribution in [-0.4, -0.2) is 43.5 Å². The van der Waals surface area contributed by atoms with E-state index in [-0.39, 0.29) is 48.1 Å². The van der Waals surface area contributed by atoms with Gasteiger partial charge in [-0.1, -0.05) is 30.4 Å². The van der Waals surface area contributed by atoms with Crippen molar-refractivity contribution >= 4 is 23.4 Å². The quantitative estimate of drug-likeness (QED) is 0.490. The first-order valence-electron chi connectivity index (χ1n) is 11.7. The maximum absolute atomic E-state index is 13.8. The van der Waals surface area contributed by atoms with Crippen LogP contribution < -0.4 is 14.4 Å². The molecule has 0 unspecified atom stereocenters. The minimum Gasteiger partial charge on any atom is -0.497 e. The van der Waals surface area contributed by atoms with E-state index >= 15 is 0 Å². The summed E-state index contributed by atoms with van der Waals surface area (Å²) in [5, 5.41) is 0. The largest absolute Gasteiger partial charge is 0.497 e. The van der Waals surface area contributed by atoms with Crippen LogP contribution in [0.15, 0.2) is 60.7 Å². The van der Waals surface area contributed by atoms with Crippen LogP contribution in [0.4, 0.5) is 5.69 Å². The summed E-state index contributed by atoms with van der Waals surface area (Å²) in [6.07, 6.45) is 5.40. The van der Waals surface area contributed by atoms with Gasteiger partial charge in [0.25, 0.3) is 5.91 Å². The van der Waals surface area contributed by atoms with Gasteiger partial charge in [0, 0.05) is 5.56 Å². The number of carbonyl (C=O) groups is 3. The number of allylic oxidation sites excluding steroid dienone is 2. The summed E-state index contributed by atoms with van der Waals surface area (Å²) >= 11 is 0. The topological polar surface area (TPSA) is 76.2 Å². The van der Waals surface area contributed by atoms with E-state index in [1.807, 2.05) is 6.07 Å². The third-order valence-electron chi connectivity index (χ3n) is 7.97. The molecule has 6 atom stereocenters. The van der Waals surface area contributed by atoms with E-state index in [0.717, 1.165) is 6.42 Å². The van der Waals surface area contributed by atoms with Crippen molar-refractivity contribution in [2.24, 2.45) is 35.5 Å². The first-order valence-corrected chi connectivity index (χ1v) is 11.7. The van der Waals surface area contributed by atoms with E-state index in [0.29, 0.717) is 34.6 Å². The fraction of sp³-hybridized carbons (Fsp3) is 0.370. The van der Waals surface area contributed by atoms with E-state index in [2.05, 4.69) is 12.2 Å². The van der Waals surface area contributed by atoms with Crippen molar-refractivity contribution in [1.82, 2.24) is 4.90 Å². The minimum absolute atomic E-state index is 0.134. The third kappa shape index (κ3) is 2.99. The molecule has 4 aliphatic carbocycles. The molecule has 3 amide bonds. The van der Waals surface area contributed by atoms with Gasteiger partial charge in [-0.05, 0) is 60.4 Å². The van der Waals surface area contributed by atoms with Crippen molar-refractivity contribution in [2.75, 3.05) is 25.8 Å². The molecule has 34 heavy (non-hydrogen) atoms. The summed E-state index contributed by atoms with van der Waals surface area (Å²) in [6.45, 7) is -0.157. The molecule has 1 heterocycles. The predicted octanol–water partition coefficient (Wildman–Crippen LogP) is 3.36. The second-order valence-electron chi connectivity index (χ2n) is 9.54. The average molecular weight is 459 g/mol. The fourth-order valence-corrected chi connectivity index (χ4v) is 6.31. The fourth-order valence-electron chi connectivity index (χ4n) is 6.31. The van der Waals surface area contributed by atoms with Crippen LogP contribution in [0.5, 0.6) is 11.5 Å². The van der Waals surface area contributed by atoms with E-state index < -0.39 is 0 Å². The molecule has 7 heteroatoms. The second kappa shape index (κ2) is 7.72. The molecule has 2 bridgehead atoms. The molecule has 1 saturated heterocycles. The lowest BCUT2D eigenvalue weighted by atomic mass is 9.63. The normalized spacial score (nSPS) is 30.1. The van der Waals surface area contributed by atoms with Crippen molar-refractivity contribution in [3.8, 4) is 11.5 Å². The van der Waals surface area contributed by atoms with E-state index in [9.17, 15) is 14.4 Å². The van der Waals surface area contributed by atoms with Gasteiger partial charge >= 0.3 is 0 Å². The Morgan fingerprint density at radius 1 is 0.941 bits per heavy atom. The molecular weight excluding hydrogens is 432 g/mol. The van der Waals surface area contributed by atoms with Gasteiger partial charge in [0.2, 0.25) is 11.8 Å². The number of methoxy groups -OCH3 is 2. The Morgan fingerprint density at radius 2 is 1.62 bits per heavy atom. The summed E-state index contributed by atoms with van der Waals surface area (Å²) < 4.78 is 10.8. The Bertz CT molecular complexity index is 1190. The maximum atomic E-state index is 13.8. The molecule has 0 spiro atoms. The molecule has 0 aromatic heterocycles. The number of likely N-dealkylation sites (tertiary alicyclic amines) is 1. The van der Waals surface area contributed by atoms with Crippen molar-refractivity contribution in [1.29, 1.82) is 0 Å². The number of carbonyl (C=O) groups excluding carboxylic acids is 3. The van der Waals surface area contributed by atoms with Gasteiger partial charge in [0.1, 0.15) is 18.2 Å². The summed E-state index contributed by atoms with van der Waals surface area (Å²) in [5.41, 5.74) is 0.891. The van der Waals surface area contributed by atoms with Crippen LogP contribution >= 0.6 is 0 Å². The SMILES string of the molecule is COc1cccc(C(=O)N(CN2C(=O)[C@@H]3[C@@H]4C=C[C@H]([C@H]5C[C@@H]45)[C@@H]3C2=O)c2ccccc2OC)c1. The highest BCUT2D eigenvalue weighted by molar-refractivity contribution is 6.10. The molecule has 3 fully saturated rings. The van der Waals surface area contributed by atoms with Crippen LogP contribution in [0.2, 0.25) is 0 Å². The lowest BCUT2D eigenvalue weighted by Crippen LogP contribution is -2.45. The molecule has 2 saturated carbocycles. The summed E-state index contributed by atoms with van der Waals surface area (Å²) in [5.74, 6) is 1.05. The molecule has 5 aliphatic rings. The number of amides is 3. The van der Waals surface area contributed by atoms with Crippen LogP contribution in [0.3, 0.4) is 0 Å². The van der Waals surface area contributed by atoms with E-state index in [1.54, 1.807) is 42.5 Å². The van der Waals surface area contributed by atoms with Crippen LogP contribution in [0.1, 0.15) is 16.8 Å². The molecule has 2 aromatic carbocycles. The number of anilines is 1. The molecule has 0 radical (unpaired) electrons. The van der Waals surface area contributed by atoms with Crippen LogP contribution in [0.25, 0.3) is 0 Å². The van der Waals surface area contributed by atoms with E-state index in [1.165, 1.54) is 24.0 Å². The summed E-state index contributed by atoms with van der Waals surface area (Å²) in [7, 11) is 3.07. The number of nitrogens with zero attached hydrogens (tertiary/aromatic N) is 2. The van der Waals surface area contributed by atoms with Gasteiger partial charge in [-0.2, -0.15) is 0 Å². The lowest BCUT2D eigenvalue weighted by Gasteiger charge is -2.37. The minimum atomic E-state index is -0.345. The van der Waals surface area contributed by atoms with Gasteiger partial charge in [-0.25, -0.2) is 0 Å². The smallest absolute Gasteiger partial charge is 0.260 e. The van der Waals surface area contributed by atoms with Crippen molar-refractivity contribution in [3.05, 3.63) is 66.2 Å². The zero-order chi connectivity index (χ0) is 23.6. The van der Waals surface area contributed by atoms with Crippen molar-refractivity contribution in [2.45, 2.75) is 6.42 Å². The number of para-hydroxylation sites is 2. The number of benzene rings is 2. The predicted molar refractivity (Wildman–Crippen MR) is 124 cm³/mol. The van der Waals surface area contributed by atoms with Gasteiger partial charge in [-0.3, -0.25) is 24.2 Å². The monoisotopic (exact) mass is 458 g/mol. The Hall–Kier alpha value is -3.61. The number of hydrogen-bond donors (Lipinski definition) is 0. The zero-order valence-electron chi connectivity index (χ0n) is 19.1.